The standard InChI is InChI=1S/C16H28S/c1-8-9-10-12-11-13(15(2,3)4)17-14(12)16(5,6)7/h11H,8-10H2,1-7H3. The minimum atomic E-state index is 0.287. The largest absolute Gasteiger partial charge is 0.144 e. The van der Waals surface area contributed by atoms with Crippen LogP contribution in [-0.2, 0) is 17.3 Å². The zero-order valence-corrected chi connectivity index (χ0v) is 13.4. The molecule has 98 valence electrons. The molecule has 0 aliphatic rings. The van der Waals surface area contributed by atoms with Crippen LogP contribution in [0.2, 0.25) is 0 Å². The number of aryl methyl sites for hydroxylation is 1. The second kappa shape index (κ2) is 5.14. The minimum absolute atomic E-state index is 0.287. The molecule has 0 atom stereocenters. The zero-order chi connectivity index (χ0) is 13.3. The summed E-state index contributed by atoms with van der Waals surface area (Å²) in [5.74, 6) is 0. The Morgan fingerprint density at radius 3 is 2.00 bits per heavy atom. The fraction of sp³-hybridized carbons (Fsp3) is 0.750. The Morgan fingerprint density at radius 2 is 1.59 bits per heavy atom. The van der Waals surface area contributed by atoms with Gasteiger partial charge in [0.25, 0.3) is 0 Å². The van der Waals surface area contributed by atoms with E-state index < -0.39 is 0 Å². The van der Waals surface area contributed by atoms with Crippen molar-refractivity contribution in [2.45, 2.75) is 78.6 Å². The van der Waals surface area contributed by atoms with Crippen molar-refractivity contribution in [3.05, 3.63) is 21.4 Å². The highest BCUT2D eigenvalue weighted by atomic mass is 32.1. The topological polar surface area (TPSA) is 0 Å². The molecule has 0 saturated carbocycles. The summed E-state index contributed by atoms with van der Waals surface area (Å²) in [6, 6.07) is 2.46. The Morgan fingerprint density at radius 1 is 1.00 bits per heavy atom. The van der Waals surface area contributed by atoms with E-state index >= 15 is 0 Å². The second-order valence-corrected chi connectivity index (χ2v) is 8.12. The maximum absolute atomic E-state index is 2.46. The first-order valence-electron chi connectivity index (χ1n) is 6.80. The molecule has 0 aliphatic heterocycles. The molecule has 0 aromatic carbocycles. The normalized spacial score (nSPS) is 13.1. The van der Waals surface area contributed by atoms with Crippen molar-refractivity contribution in [3.63, 3.8) is 0 Å². The summed E-state index contributed by atoms with van der Waals surface area (Å²) in [5, 5.41) is 0. The maximum Gasteiger partial charge on any atom is 0.0134 e. The van der Waals surface area contributed by atoms with Crippen molar-refractivity contribution < 1.29 is 0 Å². The molecule has 0 aliphatic carbocycles. The number of hydrogen-bond donors (Lipinski definition) is 0. The molecular formula is C16H28S. The number of hydrogen-bond acceptors (Lipinski definition) is 1. The van der Waals surface area contributed by atoms with Gasteiger partial charge in [0.2, 0.25) is 0 Å². The Balaban J connectivity index is 3.13. The molecule has 0 unspecified atom stereocenters. The molecule has 17 heavy (non-hydrogen) atoms. The van der Waals surface area contributed by atoms with Gasteiger partial charge in [0.05, 0.1) is 0 Å². The summed E-state index contributed by atoms with van der Waals surface area (Å²) in [6.45, 7) is 16.2. The van der Waals surface area contributed by atoms with Gasteiger partial charge in [-0.2, -0.15) is 0 Å². The SMILES string of the molecule is CCCCc1cc(C(C)(C)C)sc1C(C)(C)C. The van der Waals surface area contributed by atoms with Gasteiger partial charge in [-0.3, -0.25) is 0 Å². The van der Waals surface area contributed by atoms with Crippen molar-refractivity contribution in [1.82, 2.24) is 0 Å². The van der Waals surface area contributed by atoms with E-state index in [1.807, 2.05) is 11.3 Å². The average Bonchev–Trinajstić information content (AvgIpc) is 2.56. The lowest BCUT2D eigenvalue weighted by Crippen LogP contribution is -2.11. The molecule has 1 rings (SSSR count). The molecule has 0 N–H and O–H groups in total. The van der Waals surface area contributed by atoms with Gasteiger partial charge < -0.3 is 0 Å². The first kappa shape index (κ1) is 14.8. The summed E-state index contributed by atoms with van der Waals surface area (Å²) in [4.78, 5) is 3.13. The van der Waals surface area contributed by atoms with E-state index in [4.69, 9.17) is 0 Å². The average molecular weight is 252 g/mol. The highest BCUT2D eigenvalue weighted by Gasteiger charge is 2.25. The summed E-state index contributed by atoms with van der Waals surface area (Å²) in [5.41, 5.74) is 2.17. The van der Waals surface area contributed by atoms with Crippen LogP contribution < -0.4 is 0 Å². The molecule has 1 aromatic rings. The van der Waals surface area contributed by atoms with Gasteiger partial charge >= 0.3 is 0 Å². The van der Waals surface area contributed by atoms with E-state index in [2.05, 4.69) is 54.5 Å². The van der Waals surface area contributed by atoms with Gasteiger partial charge in [-0.25, -0.2) is 0 Å². The number of unbranched alkanes of at least 4 members (excludes halogenated alkanes) is 1. The smallest absolute Gasteiger partial charge is 0.0134 e. The molecule has 0 amide bonds. The van der Waals surface area contributed by atoms with Crippen molar-refractivity contribution in [3.8, 4) is 0 Å². The Labute approximate surface area is 111 Å². The van der Waals surface area contributed by atoms with Gasteiger partial charge in [-0.15, -0.1) is 11.3 Å². The monoisotopic (exact) mass is 252 g/mol. The molecule has 0 saturated heterocycles. The van der Waals surface area contributed by atoms with Crippen LogP contribution in [0.4, 0.5) is 0 Å². The van der Waals surface area contributed by atoms with Crippen molar-refractivity contribution in [1.29, 1.82) is 0 Å². The Bertz CT molecular complexity index is 358. The molecule has 0 fully saturated rings. The van der Waals surface area contributed by atoms with Crippen LogP contribution in [0.3, 0.4) is 0 Å². The van der Waals surface area contributed by atoms with Crippen molar-refractivity contribution in [2.75, 3.05) is 0 Å². The van der Waals surface area contributed by atoms with Gasteiger partial charge in [-0.05, 0) is 35.3 Å². The summed E-state index contributed by atoms with van der Waals surface area (Å²) >= 11 is 2.02. The third kappa shape index (κ3) is 3.84. The first-order chi connectivity index (χ1) is 7.66. The quantitative estimate of drug-likeness (QED) is 0.648. The van der Waals surface area contributed by atoms with Crippen molar-refractivity contribution >= 4 is 11.3 Å². The summed E-state index contributed by atoms with van der Waals surface area (Å²) in [7, 11) is 0. The highest BCUT2D eigenvalue weighted by molar-refractivity contribution is 7.12. The number of thiophene rings is 1. The van der Waals surface area contributed by atoms with Crippen LogP contribution in [0.25, 0.3) is 0 Å². The zero-order valence-electron chi connectivity index (χ0n) is 12.6. The molecule has 0 spiro atoms. The Kier molecular flexibility index (Phi) is 4.46. The fourth-order valence-electron chi connectivity index (χ4n) is 1.99. The van der Waals surface area contributed by atoms with Crippen LogP contribution in [0, 0.1) is 0 Å². The summed E-state index contributed by atoms with van der Waals surface area (Å²) in [6.07, 6.45) is 3.84. The summed E-state index contributed by atoms with van der Waals surface area (Å²) < 4.78 is 0. The van der Waals surface area contributed by atoms with Gasteiger partial charge in [0.15, 0.2) is 0 Å². The van der Waals surface area contributed by atoms with E-state index in [0.717, 1.165) is 0 Å². The fourth-order valence-corrected chi connectivity index (χ4v) is 3.31. The molecule has 1 aromatic heterocycles. The van der Waals surface area contributed by atoms with Crippen LogP contribution in [0.15, 0.2) is 6.07 Å². The minimum Gasteiger partial charge on any atom is -0.144 e. The first-order valence-corrected chi connectivity index (χ1v) is 7.61. The second-order valence-electron chi connectivity index (χ2n) is 7.07. The van der Waals surface area contributed by atoms with Gasteiger partial charge in [0.1, 0.15) is 0 Å². The lowest BCUT2D eigenvalue weighted by atomic mass is 9.88. The van der Waals surface area contributed by atoms with E-state index in [1.165, 1.54) is 24.1 Å². The predicted molar refractivity (Wildman–Crippen MR) is 80.3 cm³/mol. The van der Waals surface area contributed by atoms with Crippen LogP contribution >= 0.6 is 11.3 Å². The predicted octanol–water partition coefficient (Wildman–Crippen LogP) is 5.69. The van der Waals surface area contributed by atoms with E-state index in [0.29, 0.717) is 0 Å². The van der Waals surface area contributed by atoms with Gasteiger partial charge in [-0.1, -0.05) is 54.9 Å². The van der Waals surface area contributed by atoms with Gasteiger partial charge in [0, 0.05) is 9.75 Å². The van der Waals surface area contributed by atoms with E-state index in [1.54, 1.807) is 10.4 Å². The molecule has 1 heterocycles. The van der Waals surface area contributed by atoms with E-state index in [9.17, 15) is 0 Å². The molecule has 0 nitrogen and oxygen atoms in total. The van der Waals surface area contributed by atoms with Crippen LogP contribution in [-0.4, -0.2) is 0 Å². The lowest BCUT2D eigenvalue weighted by molar-refractivity contribution is 0.594. The number of rotatable bonds is 3. The van der Waals surface area contributed by atoms with E-state index in [-0.39, 0.29) is 10.8 Å². The Hall–Kier alpha value is -0.300. The highest BCUT2D eigenvalue weighted by Crippen LogP contribution is 2.39. The molecule has 0 bridgehead atoms. The third-order valence-corrected chi connectivity index (χ3v) is 5.06. The molecule has 0 radical (unpaired) electrons. The van der Waals surface area contributed by atoms with Crippen molar-refractivity contribution in [2.24, 2.45) is 0 Å². The van der Waals surface area contributed by atoms with Crippen LogP contribution in [0.1, 0.15) is 76.6 Å². The molecule has 1 heteroatoms. The molecular weight excluding hydrogens is 224 g/mol. The maximum atomic E-state index is 2.46. The lowest BCUT2D eigenvalue weighted by Gasteiger charge is -2.19. The third-order valence-electron chi connectivity index (χ3n) is 3.03. The van der Waals surface area contributed by atoms with Crippen LogP contribution in [0.5, 0.6) is 0 Å².